The van der Waals surface area contributed by atoms with Gasteiger partial charge in [0.2, 0.25) is 5.91 Å². The van der Waals surface area contributed by atoms with Gasteiger partial charge in [-0.2, -0.15) is 0 Å². The maximum Gasteiger partial charge on any atom is 0.328 e. The van der Waals surface area contributed by atoms with Gasteiger partial charge in [0.25, 0.3) is 17.7 Å². The van der Waals surface area contributed by atoms with Gasteiger partial charge in [-0.15, -0.1) is 0 Å². The molecule has 1 saturated carbocycles. The number of fused-ring (bicyclic) bond motifs is 3. The van der Waals surface area contributed by atoms with Crippen molar-refractivity contribution in [3.63, 3.8) is 0 Å². The van der Waals surface area contributed by atoms with Crippen LogP contribution in [0.2, 0.25) is 0 Å². The second kappa shape index (κ2) is 6.33. The highest BCUT2D eigenvalue weighted by Gasteiger charge is 2.70. The summed E-state index contributed by atoms with van der Waals surface area (Å²) in [5.41, 5.74) is 0.304. The van der Waals surface area contributed by atoms with Gasteiger partial charge in [-0.3, -0.25) is 19.3 Å². The summed E-state index contributed by atoms with van der Waals surface area (Å²) in [5.74, 6) is -7.52. The highest BCUT2D eigenvalue weighted by atomic mass is 19.3. The van der Waals surface area contributed by atoms with Crippen LogP contribution < -0.4 is 0 Å². The summed E-state index contributed by atoms with van der Waals surface area (Å²) >= 11 is 0. The second-order valence-electron chi connectivity index (χ2n) is 8.42. The number of imide groups is 1. The zero-order chi connectivity index (χ0) is 21.4. The van der Waals surface area contributed by atoms with Crippen LogP contribution in [0.1, 0.15) is 46.4 Å². The maximum atomic E-state index is 14.5. The van der Waals surface area contributed by atoms with Crippen LogP contribution in [0, 0.1) is 11.8 Å². The van der Waals surface area contributed by atoms with E-state index in [9.17, 15) is 28.0 Å². The molecule has 0 bridgehead atoms. The SMILES string of the molecule is COC(=O)[C@@H]1CC[C@@H]2C[C@@H]3[C@H](C[C@H](N4C(=O)c5ccccc5C4=O)C(=O)N21)C3(F)F. The molecule has 2 saturated heterocycles. The topological polar surface area (TPSA) is 84.0 Å². The van der Waals surface area contributed by atoms with Gasteiger partial charge in [0.05, 0.1) is 18.2 Å². The van der Waals surface area contributed by atoms with Crippen LogP contribution in [0.15, 0.2) is 24.3 Å². The summed E-state index contributed by atoms with van der Waals surface area (Å²) in [5, 5.41) is 0. The van der Waals surface area contributed by atoms with E-state index < -0.39 is 59.6 Å². The minimum atomic E-state index is -2.95. The molecule has 0 aromatic heterocycles. The molecule has 5 rings (SSSR count). The molecule has 1 aromatic rings. The number of nitrogens with zero attached hydrogens (tertiary/aromatic N) is 2. The Kier molecular flexibility index (Phi) is 4.04. The number of benzene rings is 1. The Balaban J connectivity index is 1.55. The first kappa shape index (κ1) is 19.1. The first-order chi connectivity index (χ1) is 14.3. The van der Waals surface area contributed by atoms with Crippen molar-refractivity contribution in [2.75, 3.05) is 7.11 Å². The van der Waals surface area contributed by atoms with Crippen LogP contribution in [-0.4, -0.2) is 64.6 Å². The summed E-state index contributed by atoms with van der Waals surface area (Å²) in [6, 6.07) is 3.35. The Morgan fingerprint density at radius 2 is 1.63 bits per heavy atom. The molecule has 0 N–H and O–H groups in total. The molecule has 1 aliphatic carbocycles. The molecular formula is C21H20F2N2O5. The summed E-state index contributed by atoms with van der Waals surface area (Å²) in [6.45, 7) is 0. The number of esters is 1. The number of hydrogen-bond acceptors (Lipinski definition) is 5. The number of methoxy groups -OCH3 is 1. The zero-order valence-corrected chi connectivity index (χ0v) is 16.2. The average Bonchev–Trinajstić information content (AvgIpc) is 3.01. The quantitative estimate of drug-likeness (QED) is 0.541. The van der Waals surface area contributed by atoms with E-state index in [-0.39, 0.29) is 24.0 Å². The molecule has 158 valence electrons. The fraction of sp³-hybridized carbons (Fsp3) is 0.524. The van der Waals surface area contributed by atoms with Crippen LogP contribution in [-0.2, 0) is 14.3 Å². The molecular weight excluding hydrogens is 398 g/mol. The fourth-order valence-electron chi connectivity index (χ4n) is 5.43. The molecule has 30 heavy (non-hydrogen) atoms. The smallest absolute Gasteiger partial charge is 0.328 e. The number of carbonyl (C=O) groups excluding carboxylic acids is 4. The zero-order valence-electron chi connectivity index (χ0n) is 16.2. The molecule has 3 amide bonds. The van der Waals surface area contributed by atoms with Gasteiger partial charge in [-0.25, -0.2) is 13.6 Å². The van der Waals surface area contributed by atoms with Crippen molar-refractivity contribution in [1.82, 2.24) is 9.80 Å². The van der Waals surface area contributed by atoms with Gasteiger partial charge < -0.3 is 9.64 Å². The standard InChI is InChI=1S/C21H20F2N2O5/c1-30-20(29)15-7-6-10-8-13-14(21(13,22)23)9-16(19(28)24(10)15)25-17(26)11-4-2-3-5-12(11)18(25)27/h2-5,10,13-16H,6-9H2,1H3/t10-,13-,14+,15+,16+/m1/s1. The monoisotopic (exact) mass is 418 g/mol. The Hall–Kier alpha value is -2.84. The Labute approximate surface area is 170 Å². The average molecular weight is 418 g/mol. The van der Waals surface area contributed by atoms with E-state index in [0.717, 1.165) is 4.90 Å². The highest BCUT2D eigenvalue weighted by molar-refractivity contribution is 6.22. The molecule has 3 fully saturated rings. The highest BCUT2D eigenvalue weighted by Crippen LogP contribution is 2.61. The van der Waals surface area contributed by atoms with Crippen LogP contribution in [0.25, 0.3) is 0 Å². The lowest BCUT2D eigenvalue weighted by molar-refractivity contribution is -0.154. The normalized spacial score (nSPS) is 34.1. The second-order valence-corrected chi connectivity index (χ2v) is 8.42. The minimum Gasteiger partial charge on any atom is -0.467 e. The van der Waals surface area contributed by atoms with Crippen molar-refractivity contribution < 1.29 is 32.7 Å². The van der Waals surface area contributed by atoms with E-state index >= 15 is 0 Å². The van der Waals surface area contributed by atoms with Gasteiger partial charge >= 0.3 is 5.97 Å². The molecule has 9 heteroatoms. The van der Waals surface area contributed by atoms with E-state index in [4.69, 9.17) is 4.74 Å². The third-order valence-corrected chi connectivity index (χ3v) is 7.02. The fourth-order valence-corrected chi connectivity index (χ4v) is 5.43. The molecule has 0 spiro atoms. The van der Waals surface area contributed by atoms with E-state index in [1.807, 2.05) is 0 Å². The summed E-state index contributed by atoms with van der Waals surface area (Å²) in [4.78, 5) is 53.8. The molecule has 3 aliphatic heterocycles. The predicted molar refractivity (Wildman–Crippen MR) is 97.6 cm³/mol. The summed E-state index contributed by atoms with van der Waals surface area (Å²) in [6.07, 6.45) is 0.505. The predicted octanol–water partition coefficient (Wildman–Crippen LogP) is 1.86. The van der Waals surface area contributed by atoms with Crippen molar-refractivity contribution in [2.45, 2.75) is 49.7 Å². The lowest BCUT2D eigenvalue weighted by atomic mass is 9.98. The van der Waals surface area contributed by atoms with Crippen LogP contribution in [0.4, 0.5) is 8.78 Å². The van der Waals surface area contributed by atoms with Crippen molar-refractivity contribution in [1.29, 1.82) is 0 Å². The minimum absolute atomic E-state index is 0.103. The Morgan fingerprint density at radius 1 is 1.03 bits per heavy atom. The number of amides is 3. The number of hydrogen-bond donors (Lipinski definition) is 0. The third kappa shape index (κ3) is 2.47. The van der Waals surface area contributed by atoms with Gasteiger partial charge in [-0.1, -0.05) is 12.1 Å². The number of carbonyl (C=O) groups is 4. The summed E-state index contributed by atoms with van der Waals surface area (Å²) in [7, 11) is 1.21. The number of alkyl halides is 2. The van der Waals surface area contributed by atoms with Crippen LogP contribution >= 0.6 is 0 Å². The molecule has 0 radical (unpaired) electrons. The molecule has 4 aliphatic rings. The molecule has 5 atom stereocenters. The van der Waals surface area contributed by atoms with Crippen molar-refractivity contribution in [3.8, 4) is 0 Å². The van der Waals surface area contributed by atoms with Crippen LogP contribution in [0.3, 0.4) is 0 Å². The van der Waals surface area contributed by atoms with Crippen molar-refractivity contribution >= 4 is 23.7 Å². The summed E-state index contributed by atoms with van der Waals surface area (Å²) < 4.78 is 33.8. The van der Waals surface area contributed by atoms with E-state index in [1.54, 1.807) is 12.1 Å². The van der Waals surface area contributed by atoms with Crippen molar-refractivity contribution in [2.24, 2.45) is 11.8 Å². The maximum absolute atomic E-state index is 14.5. The Morgan fingerprint density at radius 3 is 2.23 bits per heavy atom. The lowest BCUT2D eigenvalue weighted by Gasteiger charge is -2.36. The van der Waals surface area contributed by atoms with E-state index in [0.29, 0.717) is 12.8 Å². The third-order valence-electron chi connectivity index (χ3n) is 7.02. The molecule has 3 heterocycles. The Bertz CT molecular complexity index is 945. The first-order valence-electron chi connectivity index (χ1n) is 10.0. The van der Waals surface area contributed by atoms with Gasteiger partial charge in [0.1, 0.15) is 12.1 Å². The van der Waals surface area contributed by atoms with Gasteiger partial charge in [-0.05, 0) is 37.8 Å². The van der Waals surface area contributed by atoms with Gasteiger partial charge in [0.15, 0.2) is 0 Å². The number of halogens is 2. The van der Waals surface area contributed by atoms with E-state index in [1.165, 1.54) is 24.1 Å². The lowest BCUT2D eigenvalue weighted by Crippen LogP contribution is -2.56. The van der Waals surface area contributed by atoms with Crippen LogP contribution in [0.5, 0.6) is 0 Å². The largest absolute Gasteiger partial charge is 0.467 e. The first-order valence-corrected chi connectivity index (χ1v) is 10.0. The van der Waals surface area contributed by atoms with E-state index in [2.05, 4.69) is 0 Å². The molecule has 1 aromatic carbocycles. The molecule has 7 nitrogen and oxygen atoms in total. The number of ether oxygens (including phenoxy) is 1. The molecule has 0 unspecified atom stereocenters. The number of rotatable bonds is 2. The van der Waals surface area contributed by atoms with Crippen molar-refractivity contribution in [3.05, 3.63) is 35.4 Å². The van der Waals surface area contributed by atoms with Gasteiger partial charge in [0, 0.05) is 17.9 Å².